The van der Waals surface area contributed by atoms with Crippen LogP contribution in [0.5, 0.6) is 0 Å². The van der Waals surface area contributed by atoms with Crippen LogP contribution in [0.4, 0.5) is 0 Å². The van der Waals surface area contributed by atoms with Gasteiger partial charge in [-0.3, -0.25) is 0 Å². The summed E-state index contributed by atoms with van der Waals surface area (Å²) in [5.74, 6) is 5.19. The van der Waals surface area contributed by atoms with Crippen LogP contribution in [0.25, 0.3) is 0 Å². The number of hydrazone groups is 1. The first-order valence-electron chi connectivity index (χ1n) is 6.51. The summed E-state index contributed by atoms with van der Waals surface area (Å²) >= 11 is 5.88. The van der Waals surface area contributed by atoms with Crippen molar-refractivity contribution >= 4 is 23.3 Å². The normalized spacial score (nSPS) is 17.5. The van der Waals surface area contributed by atoms with Gasteiger partial charge in [0.05, 0.1) is 11.3 Å². The van der Waals surface area contributed by atoms with Gasteiger partial charge in [-0.05, 0) is 23.8 Å². The maximum atomic E-state index is 11.8. The molecular formula is C16H13ClN2O2. The van der Waals surface area contributed by atoms with Gasteiger partial charge in [-0.2, -0.15) is 5.10 Å². The Hall–Kier alpha value is -2.33. The lowest BCUT2D eigenvalue weighted by Crippen LogP contribution is -2.11. The molecule has 1 atom stereocenters. The third kappa shape index (κ3) is 2.62. The molecule has 2 aromatic rings. The Morgan fingerprint density at radius 2 is 1.90 bits per heavy atom. The van der Waals surface area contributed by atoms with Crippen LogP contribution < -0.4 is 5.84 Å². The molecule has 0 unspecified atom stereocenters. The van der Waals surface area contributed by atoms with Crippen LogP contribution in [-0.4, -0.2) is 11.7 Å². The number of rotatable bonds is 3. The van der Waals surface area contributed by atoms with Gasteiger partial charge in [0.1, 0.15) is 6.10 Å². The average Bonchev–Trinajstić information content (AvgIpc) is 2.83. The van der Waals surface area contributed by atoms with Crippen molar-refractivity contribution in [3.8, 4) is 0 Å². The van der Waals surface area contributed by atoms with E-state index in [-0.39, 0.29) is 12.1 Å². The van der Waals surface area contributed by atoms with Crippen molar-refractivity contribution in [2.75, 3.05) is 0 Å². The predicted molar refractivity (Wildman–Crippen MR) is 81.4 cm³/mol. The summed E-state index contributed by atoms with van der Waals surface area (Å²) in [7, 11) is 0. The summed E-state index contributed by atoms with van der Waals surface area (Å²) in [4.78, 5) is 11.8. The minimum atomic E-state index is -0.355. The number of esters is 1. The molecule has 21 heavy (non-hydrogen) atoms. The molecule has 5 heteroatoms. The first-order valence-corrected chi connectivity index (χ1v) is 6.89. The van der Waals surface area contributed by atoms with Crippen molar-refractivity contribution in [2.24, 2.45) is 10.9 Å². The molecule has 0 saturated heterocycles. The number of nitrogens with zero attached hydrogens (tertiary/aromatic N) is 1. The van der Waals surface area contributed by atoms with E-state index in [9.17, 15) is 4.79 Å². The maximum Gasteiger partial charge on any atom is 0.339 e. The highest BCUT2D eigenvalue weighted by Crippen LogP contribution is 2.33. The first-order chi connectivity index (χ1) is 10.2. The van der Waals surface area contributed by atoms with Gasteiger partial charge in [0.25, 0.3) is 0 Å². The van der Waals surface area contributed by atoms with Gasteiger partial charge in [-0.1, -0.05) is 41.9 Å². The molecule has 3 rings (SSSR count). The quantitative estimate of drug-likeness (QED) is 0.409. The minimum Gasteiger partial charge on any atom is -0.453 e. The highest BCUT2D eigenvalue weighted by Gasteiger charge is 2.31. The van der Waals surface area contributed by atoms with E-state index in [0.717, 1.165) is 11.1 Å². The van der Waals surface area contributed by atoms with Crippen LogP contribution in [0, 0.1) is 0 Å². The van der Waals surface area contributed by atoms with Crippen molar-refractivity contribution in [3.05, 3.63) is 70.2 Å². The molecule has 0 aliphatic carbocycles. The molecule has 106 valence electrons. The molecular weight excluding hydrogens is 288 g/mol. The van der Waals surface area contributed by atoms with E-state index in [0.29, 0.717) is 22.7 Å². The minimum absolute atomic E-state index is 0.303. The van der Waals surface area contributed by atoms with E-state index in [2.05, 4.69) is 5.10 Å². The maximum absolute atomic E-state index is 11.8. The van der Waals surface area contributed by atoms with E-state index in [1.165, 1.54) is 0 Å². The number of carbonyl (C=O) groups is 1. The van der Waals surface area contributed by atoms with Crippen LogP contribution in [0.1, 0.15) is 34.0 Å². The zero-order valence-electron chi connectivity index (χ0n) is 11.1. The molecule has 2 N–H and O–H groups in total. The molecule has 0 fully saturated rings. The second-order valence-electron chi connectivity index (χ2n) is 4.77. The van der Waals surface area contributed by atoms with Gasteiger partial charge < -0.3 is 10.6 Å². The molecule has 1 heterocycles. The average molecular weight is 301 g/mol. The largest absolute Gasteiger partial charge is 0.453 e. The number of hydrogen-bond donors (Lipinski definition) is 1. The predicted octanol–water partition coefficient (Wildman–Crippen LogP) is 3.30. The monoisotopic (exact) mass is 300 g/mol. The Morgan fingerprint density at radius 3 is 2.62 bits per heavy atom. The fraction of sp³-hybridized carbons (Fsp3) is 0.125. The number of benzene rings is 2. The second kappa shape index (κ2) is 5.58. The molecule has 0 spiro atoms. The molecule has 1 aliphatic rings. The van der Waals surface area contributed by atoms with Crippen LogP contribution in [0.15, 0.2) is 53.6 Å². The van der Waals surface area contributed by atoms with Gasteiger partial charge in [-0.15, -0.1) is 0 Å². The molecule has 0 radical (unpaired) electrons. The summed E-state index contributed by atoms with van der Waals surface area (Å²) in [5, 5.41) is 4.48. The summed E-state index contributed by atoms with van der Waals surface area (Å²) in [6.45, 7) is 0. The second-order valence-corrected chi connectivity index (χ2v) is 5.20. The fourth-order valence-corrected chi connectivity index (χ4v) is 2.56. The van der Waals surface area contributed by atoms with Crippen molar-refractivity contribution in [3.63, 3.8) is 0 Å². The summed E-state index contributed by atoms with van der Waals surface area (Å²) in [5.41, 5.74) is 3.01. The van der Waals surface area contributed by atoms with Crippen LogP contribution in [0.3, 0.4) is 0 Å². The van der Waals surface area contributed by atoms with E-state index >= 15 is 0 Å². The molecule has 4 nitrogen and oxygen atoms in total. The number of fused-ring (bicyclic) bond motifs is 1. The Labute approximate surface area is 127 Å². The van der Waals surface area contributed by atoms with E-state index < -0.39 is 0 Å². The standard InChI is InChI=1S/C16H13ClN2O2/c17-11-7-5-10(6-8-11)14(19-18)9-15-12-3-1-2-4-13(12)16(20)21-15/h1-8,15H,9,18H2/b19-14-/t15-/m0/s1. The van der Waals surface area contributed by atoms with Crippen molar-refractivity contribution in [2.45, 2.75) is 12.5 Å². The lowest BCUT2D eigenvalue weighted by atomic mass is 9.98. The van der Waals surface area contributed by atoms with Crippen molar-refractivity contribution < 1.29 is 9.53 Å². The Bertz CT molecular complexity index is 710. The van der Waals surface area contributed by atoms with Gasteiger partial charge in [0.2, 0.25) is 0 Å². The SMILES string of the molecule is N/N=C(/C[C@@H]1OC(=O)c2ccccc21)c1ccc(Cl)cc1. The lowest BCUT2D eigenvalue weighted by Gasteiger charge is -2.12. The van der Waals surface area contributed by atoms with E-state index in [1.807, 2.05) is 30.3 Å². The number of carbonyl (C=O) groups excluding carboxylic acids is 1. The third-order valence-electron chi connectivity index (χ3n) is 3.49. The summed E-state index contributed by atoms with van der Waals surface area (Å²) < 4.78 is 5.41. The molecule has 2 aromatic carbocycles. The number of ether oxygens (including phenoxy) is 1. The third-order valence-corrected chi connectivity index (χ3v) is 3.74. The highest BCUT2D eigenvalue weighted by molar-refractivity contribution is 6.30. The van der Waals surface area contributed by atoms with Gasteiger partial charge in [0.15, 0.2) is 0 Å². The van der Waals surface area contributed by atoms with Gasteiger partial charge in [0, 0.05) is 17.0 Å². The highest BCUT2D eigenvalue weighted by atomic mass is 35.5. The molecule has 0 amide bonds. The number of nitrogens with two attached hydrogens (primary N) is 1. The molecule has 0 bridgehead atoms. The van der Waals surface area contributed by atoms with Gasteiger partial charge in [-0.25, -0.2) is 4.79 Å². The Morgan fingerprint density at radius 1 is 1.19 bits per heavy atom. The first kappa shape index (κ1) is 13.6. The number of cyclic esters (lactones) is 1. The lowest BCUT2D eigenvalue weighted by molar-refractivity contribution is 0.0400. The van der Waals surface area contributed by atoms with Crippen LogP contribution in [0.2, 0.25) is 5.02 Å². The van der Waals surface area contributed by atoms with Crippen molar-refractivity contribution in [1.29, 1.82) is 0 Å². The Balaban J connectivity index is 1.86. The van der Waals surface area contributed by atoms with Crippen LogP contribution in [-0.2, 0) is 4.74 Å². The smallest absolute Gasteiger partial charge is 0.339 e. The van der Waals surface area contributed by atoms with Crippen molar-refractivity contribution in [1.82, 2.24) is 0 Å². The summed E-state index contributed by atoms with van der Waals surface area (Å²) in [6, 6.07) is 14.6. The topological polar surface area (TPSA) is 64.7 Å². The zero-order chi connectivity index (χ0) is 14.8. The molecule has 1 aliphatic heterocycles. The molecule has 0 aromatic heterocycles. The van der Waals surface area contributed by atoms with E-state index in [1.54, 1.807) is 18.2 Å². The molecule has 0 saturated carbocycles. The number of hydrogen-bond acceptors (Lipinski definition) is 4. The summed E-state index contributed by atoms with van der Waals surface area (Å²) in [6.07, 6.45) is 0.0765. The zero-order valence-corrected chi connectivity index (χ0v) is 11.9. The van der Waals surface area contributed by atoms with Gasteiger partial charge >= 0.3 is 5.97 Å². The van der Waals surface area contributed by atoms with Crippen LogP contribution >= 0.6 is 11.6 Å². The van der Waals surface area contributed by atoms with E-state index in [4.69, 9.17) is 22.2 Å². The fourth-order valence-electron chi connectivity index (χ4n) is 2.43. The Kier molecular flexibility index (Phi) is 3.62. The number of halogens is 1.